The number of aliphatic imine (C=N–C) groups is 1. The molecule has 0 aliphatic carbocycles. The van der Waals surface area contributed by atoms with Crippen molar-refractivity contribution in [1.82, 2.24) is 30.1 Å². The van der Waals surface area contributed by atoms with Crippen molar-refractivity contribution in [3.05, 3.63) is 21.7 Å². The van der Waals surface area contributed by atoms with Crippen LogP contribution < -0.4 is 40.4 Å². The molecule has 180 valence electrons. The maximum absolute atomic E-state index is 12.9. The first-order chi connectivity index (χ1) is 16.3. The van der Waals surface area contributed by atoms with E-state index in [0.717, 1.165) is 28.0 Å². The molecule has 1 fully saturated rings. The third-order valence-corrected chi connectivity index (χ3v) is 6.75. The number of amides is 1. The van der Waals surface area contributed by atoms with Gasteiger partial charge < -0.3 is 20.8 Å². The van der Waals surface area contributed by atoms with Crippen molar-refractivity contribution >= 4 is 51.7 Å². The van der Waals surface area contributed by atoms with Crippen LogP contribution in [0.5, 0.6) is 0 Å². The number of carboxylic acids is 1. The number of oxime groups is 1. The van der Waals surface area contributed by atoms with Gasteiger partial charge in [0.15, 0.2) is 5.13 Å². The van der Waals surface area contributed by atoms with Crippen molar-refractivity contribution in [3.8, 4) is 0 Å². The Morgan fingerprint density at radius 3 is 2.89 bits per heavy atom. The number of thioether (sulfide) groups is 1. The van der Waals surface area contributed by atoms with E-state index in [9.17, 15) is 24.2 Å². The zero-order valence-electron chi connectivity index (χ0n) is 18.5. The summed E-state index contributed by atoms with van der Waals surface area (Å²) < 4.78 is 13.8. The molecule has 0 bridgehead atoms. The van der Waals surface area contributed by atoms with E-state index in [1.54, 1.807) is 7.05 Å². The minimum absolute atomic E-state index is 0. The number of thiazole rings is 1. The number of carboxylic acid groups (broad SMARTS) is 1. The third-order valence-electron chi connectivity index (χ3n) is 4.90. The number of fused-ring (bicyclic) bond motifs is 1. The second-order valence-electron chi connectivity index (χ2n) is 6.99. The molecule has 4 heterocycles. The number of nitrogen functional groups attached to an aromatic ring is 1. The number of hydrogen-bond acceptors (Lipinski definition) is 13. The molecule has 1 saturated heterocycles. The van der Waals surface area contributed by atoms with Gasteiger partial charge in [-0.3, -0.25) is 14.7 Å². The van der Waals surface area contributed by atoms with E-state index in [4.69, 9.17) is 10.6 Å². The smallest absolute Gasteiger partial charge is 0.857 e. The van der Waals surface area contributed by atoms with Gasteiger partial charge >= 0.3 is 35.5 Å². The molecule has 2 aromatic heterocycles. The zero-order valence-corrected chi connectivity index (χ0v) is 22.1. The van der Waals surface area contributed by atoms with Gasteiger partial charge in [-0.15, -0.1) is 16.4 Å². The average Bonchev–Trinajstić information content (AvgIpc) is 3.42. The second-order valence-corrected chi connectivity index (χ2v) is 8.94. The zero-order chi connectivity index (χ0) is 24.4. The second kappa shape index (κ2) is 11.4. The summed E-state index contributed by atoms with van der Waals surface area (Å²) in [5, 5.41) is 39.2. The van der Waals surface area contributed by atoms with Crippen LogP contribution in [0, 0.1) is 0 Å². The fourth-order valence-electron chi connectivity index (χ4n) is 3.43. The fraction of sp³-hybridized carbons (Fsp3) is 0.412. The minimum Gasteiger partial charge on any atom is -0.857 e. The topological polar surface area (TPSA) is 197 Å². The van der Waals surface area contributed by atoms with E-state index in [-0.39, 0.29) is 58.4 Å². The van der Waals surface area contributed by atoms with Crippen molar-refractivity contribution in [3.63, 3.8) is 0 Å². The van der Waals surface area contributed by atoms with E-state index in [1.165, 1.54) is 10.1 Å². The van der Waals surface area contributed by atoms with Gasteiger partial charge in [-0.25, -0.2) is 18.9 Å². The number of anilines is 1. The SMILES string of the molecule is Cn1nnnc1SC1=C(C(=O)O)N2C(=O)[C@@H](N=C([O-])/C(=N/OCCF)c3csc(N)n3)[C@H]2CC1.[Na+]. The Labute approximate surface area is 227 Å². The van der Waals surface area contributed by atoms with Gasteiger partial charge in [0, 0.05) is 23.2 Å². The van der Waals surface area contributed by atoms with Gasteiger partial charge in [0.2, 0.25) is 5.16 Å². The summed E-state index contributed by atoms with van der Waals surface area (Å²) in [5.41, 5.74) is 5.16. The summed E-state index contributed by atoms with van der Waals surface area (Å²) in [6, 6.07) is -1.73. The van der Waals surface area contributed by atoms with Gasteiger partial charge in [0.25, 0.3) is 5.91 Å². The molecule has 2 aliphatic rings. The predicted molar refractivity (Wildman–Crippen MR) is 115 cm³/mol. The Kier molecular flexibility index (Phi) is 8.81. The Morgan fingerprint density at radius 1 is 1.51 bits per heavy atom. The molecule has 4 rings (SSSR count). The number of aryl methyl sites for hydroxylation is 1. The monoisotopic (exact) mass is 533 g/mol. The number of allylic oxidation sites excluding steroid dienone is 1. The molecule has 35 heavy (non-hydrogen) atoms. The van der Waals surface area contributed by atoms with E-state index >= 15 is 0 Å². The number of alkyl halides is 1. The van der Waals surface area contributed by atoms with Gasteiger partial charge in [-0.1, -0.05) is 16.9 Å². The van der Waals surface area contributed by atoms with Crippen LogP contribution >= 0.6 is 23.1 Å². The number of β-lactam (4-membered cyclic amide) rings is 1. The number of aromatic nitrogens is 5. The predicted octanol–water partition coefficient (Wildman–Crippen LogP) is -3.84. The molecular formula is C17H17FN9NaO5S2. The summed E-state index contributed by atoms with van der Waals surface area (Å²) >= 11 is 2.11. The van der Waals surface area contributed by atoms with Gasteiger partial charge in [-0.2, -0.15) is 0 Å². The van der Waals surface area contributed by atoms with E-state index in [0.29, 0.717) is 22.9 Å². The molecule has 2 atom stereocenters. The van der Waals surface area contributed by atoms with Crippen LogP contribution in [0.1, 0.15) is 18.5 Å². The van der Waals surface area contributed by atoms with Crippen molar-refractivity contribution in [1.29, 1.82) is 0 Å². The van der Waals surface area contributed by atoms with Gasteiger partial charge in [0.1, 0.15) is 36.4 Å². The average molecular weight is 534 g/mol. The van der Waals surface area contributed by atoms with Crippen molar-refractivity contribution in [2.24, 2.45) is 17.2 Å². The Balaban J connectivity index is 0.00000342. The van der Waals surface area contributed by atoms with Crippen molar-refractivity contribution in [2.75, 3.05) is 19.0 Å². The first kappa shape index (κ1) is 27.0. The maximum atomic E-state index is 12.9. The van der Waals surface area contributed by atoms with E-state index in [2.05, 4.69) is 30.7 Å². The Morgan fingerprint density at radius 2 is 2.29 bits per heavy atom. The van der Waals surface area contributed by atoms with Crippen molar-refractivity contribution < 1.29 is 58.6 Å². The standard InChI is InChI=1S/C17H18FN9O5S2.Na/c1-26-17(22-24-25-26)34-9-3-2-8-11(14(29)27(8)12(9)15(30)31)21-13(28)10(23-32-5-4-18)7-6-33-16(19)20-7;/h6,8,11H,2-5H2,1H3,(H2,19,20)(H,21,28)(H,30,31);/q;+1/p-1/b23-10+;/t8-,11+;/m1./s1. The summed E-state index contributed by atoms with van der Waals surface area (Å²) in [6.45, 7) is -1.21. The number of nitrogens with zero attached hydrogens (tertiary/aromatic N) is 8. The minimum atomic E-state index is -1.29. The number of rotatable bonds is 9. The Bertz CT molecular complexity index is 1220. The first-order valence-electron chi connectivity index (χ1n) is 9.74. The molecule has 2 aromatic rings. The molecule has 2 aliphatic heterocycles. The molecule has 3 N–H and O–H groups in total. The van der Waals surface area contributed by atoms with Crippen LogP contribution in [0.4, 0.5) is 9.52 Å². The van der Waals surface area contributed by atoms with E-state index < -0.39 is 36.5 Å². The van der Waals surface area contributed by atoms with Crippen LogP contribution in [0.2, 0.25) is 0 Å². The maximum Gasteiger partial charge on any atom is 1.00 e. The molecule has 1 amide bonds. The van der Waals surface area contributed by atoms with Crippen molar-refractivity contribution in [2.45, 2.75) is 30.1 Å². The summed E-state index contributed by atoms with van der Waals surface area (Å²) in [6.07, 6.45) is 0.684. The van der Waals surface area contributed by atoms with Gasteiger partial charge in [-0.05, 0) is 23.3 Å². The number of hydrogen-bond donors (Lipinski definition) is 2. The molecule has 0 saturated carbocycles. The number of carbonyl (C=O) groups is 2. The molecule has 0 aromatic carbocycles. The molecule has 14 nitrogen and oxygen atoms in total. The third kappa shape index (κ3) is 5.48. The van der Waals surface area contributed by atoms with Crippen LogP contribution in [-0.4, -0.2) is 84.0 Å². The number of tetrazole rings is 1. The fourth-order valence-corrected chi connectivity index (χ4v) is 4.95. The molecule has 0 radical (unpaired) electrons. The molecular weight excluding hydrogens is 516 g/mol. The Hall–Kier alpha value is -2.60. The number of aliphatic carboxylic acids is 1. The molecule has 0 spiro atoms. The first-order valence-corrected chi connectivity index (χ1v) is 11.4. The van der Waals surface area contributed by atoms with Crippen LogP contribution in [0.3, 0.4) is 0 Å². The van der Waals surface area contributed by atoms with E-state index in [1.807, 2.05) is 0 Å². The molecule has 18 heteroatoms. The largest absolute Gasteiger partial charge is 1.00 e. The number of nitrogens with two attached hydrogens (primary N) is 1. The summed E-state index contributed by atoms with van der Waals surface area (Å²) in [5.74, 6) is -2.85. The quantitative estimate of drug-likeness (QED) is 0.0799. The summed E-state index contributed by atoms with van der Waals surface area (Å²) in [4.78, 5) is 39.1. The normalized spacial score (nSPS) is 20.3. The van der Waals surface area contributed by atoms with Crippen LogP contribution in [-0.2, 0) is 21.5 Å². The number of carbonyl (C=O) groups excluding carboxylic acids is 1. The summed E-state index contributed by atoms with van der Waals surface area (Å²) in [7, 11) is 1.61. The number of halogens is 1. The van der Waals surface area contributed by atoms with Crippen LogP contribution in [0.25, 0.3) is 0 Å². The molecule has 0 unspecified atom stereocenters. The van der Waals surface area contributed by atoms with Gasteiger partial charge in [0.05, 0.1) is 6.04 Å². The van der Waals surface area contributed by atoms with Crippen LogP contribution in [0.15, 0.2) is 31.3 Å².